The highest BCUT2D eigenvalue weighted by molar-refractivity contribution is 6.38. The van der Waals surface area contributed by atoms with Crippen molar-refractivity contribution in [2.75, 3.05) is 19.6 Å². The van der Waals surface area contributed by atoms with Crippen molar-refractivity contribution in [1.29, 1.82) is 0 Å². The number of hydrazone groups is 1. The normalized spacial score (nSPS) is 18.7. The molecule has 4 rings (SSSR count). The van der Waals surface area contributed by atoms with Crippen LogP contribution in [0.3, 0.4) is 0 Å². The summed E-state index contributed by atoms with van der Waals surface area (Å²) in [6, 6.07) is 2.95. The molecule has 1 aromatic carbocycles. The number of carboxylic acids is 1. The Labute approximate surface area is 343 Å². The van der Waals surface area contributed by atoms with Gasteiger partial charge in [0.25, 0.3) is 5.91 Å². The SMILES string of the molecule is CCCC(NC(=O)[C@@H]1C[C@@H](OC(=O)N2CCc3ccccc3C2)CN1C(=O)[C@@H](NC(=O)[C@@H](NC(=O)CCCCC1=NNNN1)C(C)C)C(C)C)C(=O)C(=O)NCC(=O)O. The van der Waals surface area contributed by atoms with Gasteiger partial charge >= 0.3 is 12.1 Å². The number of hydrazine groups is 2. The van der Waals surface area contributed by atoms with E-state index in [-0.39, 0.29) is 37.6 Å². The monoisotopic (exact) mass is 826 g/mol. The Kier molecular flexibility index (Phi) is 17.0. The number of carboxylic acid groups (broad SMARTS) is 1. The first-order valence-electron chi connectivity index (χ1n) is 20.2. The molecule has 1 saturated heterocycles. The molecular weight excluding hydrogens is 768 g/mol. The zero-order chi connectivity index (χ0) is 43.2. The zero-order valence-electron chi connectivity index (χ0n) is 34.3. The number of unbranched alkanes of at least 4 members (excludes halogenated alkanes) is 1. The lowest BCUT2D eigenvalue weighted by Gasteiger charge is -2.32. The van der Waals surface area contributed by atoms with Crippen LogP contribution in [0.1, 0.15) is 90.7 Å². The molecule has 0 spiro atoms. The molecule has 3 aliphatic rings. The van der Waals surface area contributed by atoms with Crippen LogP contribution >= 0.6 is 0 Å². The van der Waals surface area contributed by atoms with Crippen LogP contribution in [0.4, 0.5) is 4.79 Å². The molecule has 8 N–H and O–H groups in total. The van der Waals surface area contributed by atoms with Crippen molar-refractivity contribution >= 4 is 53.2 Å². The molecule has 1 fully saturated rings. The average molecular weight is 827 g/mol. The molecule has 0 saturated carbocycles. The second-order valence-electron chi connectivity index (χ2n) is 15.6. The molecule has 1 unspecified atom stereocenters. The lowest BCUT2D eigenvalue weighted by Crippen LogP contribution is -2.59. The summed E-state index contributed by atoms with van der Waals surface area (Å²) in [7, 11) is 0. The molecule has 0 aromatic heterocycles. The van der Waals surface area contributed by atoms with Crippen LogP contribution in [-0.2, 0) is 51.3 Å². The second-order valence-corrected chi connectivity index (χ2v) is 15.6. The fraction of sp³-hybridized carbons (Fsp3) is 0.615. The first-order chi connectivity index (χ1) is 28.1. The van der Waals surface area contributed by atoms with E-state index in [9.17, 15) is 38.4 Å². The molecule has 0 radical (unpaired) electrons. The Morgan fingerprint density at radius 2 is 1.66 bits per heavy atom. The third-order valence-electron chi connectivity index (χ3n) is 10.4. The molecule has 3 heterocycles. The third kappa shape index (κ3) is 13.1. The van der Waals surface area contributed by atoms with Gasteiger partial charge in [0, 0.05) is 32.4 Å². The Morgan fingerprint density at radius 3 is 2.31 bits per heavy atom. The molecule has 59 heavy (non-hydrogen) atoms. The number of hydrogen-bond donors (Lipinski definition) is 8. The van der Waals surface area contributed by atoms with E-state index < -0.39 is 84.2 Å². The van der Waals surface area contributed by atoms with Crippen molar-refractivity contribution in [2.24, 2.45) is 16.9 Å². The number of benzene rings is 1. The van der Waals surface area contributed by atoms with Crippen LogP contribution in [0.2, 0.25) is 0 Å². The van der Waals surface area contributed by atoms with Crippen molar-refractivity contribution in [2.45, 2.75) is 123 Å². The smallest absolute Gasteiger partial charge is 0.410 e. The van der Waals surface area contributed by atoms with Gasteiger partial charge in [-0.25, -0.2) is 10.3 Å². The number of nitrogens with zero attached hydrogens (tertiary/aromatic N) is 3. The minimum Gasteiger partial charge on any atom is -0.480 e. The van der Waals surface area contributed by atoms with E-state index in [1.165, 1.54) is 4.90 Å². The number of aliphatic carboxylic acids is 1. The van der Waals surface area contributed by atoms with Gasteiger partial charge in [-0.2, -0.15) is 0 Å². The molecule has 20 heteroatoms. The van der Waals surface area contributed by atoms with Crippen molar-refractivity contribution in [3.63, 3.8) is 0 Å². The van der Waals surface area contributed by atoms with Crippen LogP contribution in [0.5, 0.6) is 0 Å². The molecule has 6 amide bonds. The number of nitrogens with one attached hydrogen (secondary N) is 7. The van der Waals surface area contributed by atoms with Crippen molar-refractivity contribution in [3.05, 3.63) is 35.4 Å². The minimum atomic E-state index is -1.36. The van der Waals surface area contributed by atoms with Crippen molar-refractivity contribution in [3.8, 4) is 0 Å². The predicted octanol–water partition coefficient (Wildman–Crippen LogP) is -0.0265. The molecule has 0 aliphatic carbocycles. The van der Waals surface area contributed by atoms with Gasteiger partial charge in [0.15, 0.2) is 0 Å². The van der Waals surface area contributed by atoms with E-state index in [0.717, 1.165) is 11.1 Å². The largest absolute Gasteiger partial charge is 0.480 e. The van der Waals surface area contributed by atoms with Crippen molar-refractivity contribution < 1.29 is 48.2 Å². The molecule has 3 aliphatic heterocycles. The fourth-order valence-electron chi connectivity index (χ4n) is 7.11. The molecule has 324 valence electrons. The van der Waals surface area contributed by atoms with E-state index in [4.69, 9.17) is 9.84 Å². The molecule has 20 nitrogen and oxygen atoms in total. The number of amides is 6. The Bertz CT molecular complexity index is 1750. The number of amidine groups is 1. The number of likely N-dealkylation sites (tertiary alicyclic amines) is 1. The zero-order valence-corrected chi connectivity index (χ0v) is 34.3. The summed E-state index contributed by atoms with van der Waals surface area (Å²) in [4.78, 5) is 108. The highest BCUT2D eigenvalue weighted by Crippen LogP contribution is 2.26. The highest BCUT2D eigenvalue weighted by Gasteiger charge is 2.46. The first-order valence-corrected chi connectivity index (χ1v) is 20.2. The number of ether oxygens (including phenoxy) is 1. The number of fused-ring (bicyclic) bond motifs is 1. The van der Waals surface area contributed by atoms with E-state index in [1.54, 1.807) is 39.5 Å². The van der Waals surface area contributed by atoms with Gasteiger partial charge in [-0.3, -0.25) is 39.0 Å². The molecule has 5 atom stereocenters. The van der Waals surface area contributed by atoms with Gasteiger partial charge in [0.2, 0.25) is 29.4 Å². The van der Waals surface area contributed by atoms with E-state index in [2.05, 4.69) is 37.5 Å². The third-order valence-corrected chi connectivity index (χ3v) is 10.4. The maximum absolute atomic E-state index is 14.5. The van der Waals surface area contributed by atoms with E-state index in [1.807, 2.05) is 29.6 Å². The van der Waals surface area contributed by atoms with Crippen LogP contribution in [0.25, 0.3) is 0 Å². The van der Waals surface area contributed by atoms with Gasteiger partial charge in [0.05, 0.1) is 12.6 Å². The number of Topliss-reactive ketones (excluding diaryl/α,β-unsaturated/α-hetero) is 1. The maximum Gasteiger partial charge on any atom is 0.410 e. The maximum atomic E-state index is 14.5. The average Bonchev–Trinajstić information content (AvgIpc) is 3.89. The predicted molar refractivity (Wildman–Crippen MR) is 212 cm³/mol. The van der Waals surface area contributed by atoms with Crippen LogP contribution in [0, 0.1) is 11.8 Å². The van der Waals surface area contributed by atoms with Gasteiger partial charge in [-0.05, 0) is 48.6 Å². The topological polar surface area (TPSA) is 269 Å². The van der Waals surface area contributed by atoms with Crippen LogP contribution in [0.15, 0.2) is 29.4 Å². The summed E-state index contributed by atoms with van der Waals surface area (Å²) in [5, 5.41) is 23.1. The summed E-state index contributed by atoms with van der Waals surface area (Å²) in [6.45, 7) is 8.38. The summed E-state index contributed by atoms with van der Waals surface area (Å²) >= 11 is 0. The summed E-state index contributed by atoms with van der Waals surface area (Å²) in [5.41, 5.74) is 10.2. The summed E-state index contributed by atoms with van der Waals surface area (Å²) in [5.74, 6) is -6.16. The Morgan fingerprint density at radius 1 is 0.949 bits per heavy atom. The standard InChI is InChI=1S/C39H58N10O10/c1-6-11-27(34(53)37(56)40-19-31(51)52)41-35(54)28-18-26(59-39(58)48-17-16-24-12-7-8-13-25(24)20-48)21-49(28)38(57)33(23(4)5)43-36(55)32(22(2)3)42-30(50)15-10-9-14-29-44-46-47-45-29/h7-8,12-13,22-23,26-28,32-33,46-47H,6,9-11,14-21H2,1-5H3,(H,40,56)(H,41,54)(H,42,50)(H,43,55)(H,44,45)(H,51,52)/t26-,27?,28+,32+,33+/m1/s1. The van der Waals surface area contributed by atoms with Crippen LogP contribution < -0.4 is 37.8 Å². The molecule has 1 aromatic rings. The Balaban J connectivity index is 1.50. The summed E-state index contributed by atoms with van der Waals surface area (Å²) < 4.78 is 5.90. The second kappa shape index (κ2) is 21.8. The number of rotatable bonds is 20. The van der Waals surface area contributed by atoms with Crippen molar-refractivity contribution in [1.82, 2.24) is 47.6 Å². The van der Waals surface area contributed by atoms with Gasteiger partial charge in [-0.15, -0.1) is 10.6 Å². The quantitative estimate of drug-likeness (QED) is 0.0635. The fourth-order valence-corrected chi connectivity index (χ4v) is 7.11. The highest BCUT2D eigenvalue weighted by atomic mass is 16.6. The molecular formula is C39H58N10O10. The summed E-state index contributed by atoms with van der Waals surface area (Å²) in [6.07, 6.45) is 1.28. The van der Waals surface area contributed by atoms with E-state index >= 15 is 0 Å². The number of ketones is 1. The van der Waals surface area contributed by atoms with Gasteiger partial charge in [0.1, 0.15) is 36.6 Å². The van der Waals surface area contributed by atoms with Gasteiger partial charge < -0.3 is 40.9 Å². The lowest BCUT2D eigenvalue weighted by atomic mass is 9.98. The molecule has 0 bridgehead atoms. The van der Waals surface area contributed by atoms with Gasteiger partial charge in [-0.1, -0.05) is 65.3 Å². The first kappa shape index (κ1) is 45.9. The van der Waals surface area contributed by atoms with Crippen LogP contribution in [-0.4, -0.2) is 118 Å². The van der Waals surface area contributed by atoms with E-state index in [0.29, 0.717) is 51.0 Å². The number of hydrogen-bond acceptors (Lipinski definition) is 13. The lowest BCUT2D eigenvalue weighted by molar-refractivity contribution is -0.145. The minimum absolute atomic E-state index is 0.0367. The Hall–Kier alpha value is -5.79. The number of carbonyl (C=O) groups is 8. The number of carbonyl (C=O) groups excluding carboxylic acids is 7.